The summed E-state index contributed by atoms with van der Waals surface area (Å²) in [4.78, 5) is 25.7. The van der Waals surface area contributed by atoms with E-state index in [-0.39, 0.29) is 24.2 Å². The van der Waals surface area contributed by atoms with Gasteiger partial charge in [0.15, 0.2) is 0 Å². The minimum Gasteiger partial charge on any atom is -0.399 e. The Kier molecular flexibility index (Phi) is 8.65. The van der Waals surface area contributed by atoms with Crippen LogP contribution in [0.2, 0.25) is 0 Å². The molecule has 2 amide bonds. The minimum absolute atomic E-state index is 0. The summed E-state index contributed by atoms with van der Waals surface area (Å²) in [5.41, 5.74) is 9.26. The molecule has 2 rings (SSSR count). The molecule has 2 aromatic rings. The van der Waals surface area contributed by atoms with E-state index in [1.165, 1.54) is 0 Å². The molecule has 6 heteroatoms. The Morgan fingerprint density at radius 3 is 2.27 bits per heavy atom. The summed E-state index contributed by atoms with van der Waals surface area (Å²) in [7, 11) is 0. The number of rotatable bonds is 7. The fraction of sp³-hybridized carbons (Fsp3) is 0.300. The fourth-order valence-electron chi connectivity index (χ4n) is 2.65. The maximum absolute atomic E-state index is 12.3. The zero-order valence-corrected chi connectivity index (χ0v) is 16.0. The molecule has 0 aliphatic heterocycles. The van der Waals surface area contributed by atoms with Crippen molar-refractivity contribution >= 4 is 35.6 Å². The molecule has 0 spiro atoms. The van der Waals surface area contributed by atoms with Crippen molar-refractivity contribution in [1.29, 1.82) is 0 Å². The van der Waals surface area contributed by atoms with Crippen molar-refractivity contribution < 1.29 is 9.59 Å². The third-order valence-electron chi connectivity index (χ3n) is 4.16. The molecule has 26 heavy (non-hydrogen) atoms. The number of hydrogen-bond donors (Lipinski definition) is 2. The summed E-state index contributed by atoms with van der Waals surface area (Å²) in [6, 6.07) is 15.1. The van der Waals surface area contributed by atoms with Gasteiger partial charge < -0.3 is 16.0 Å². The predicted octanol–water partition coefficient (Wildman–Crippen LogP) is 3.63. The van der Waals surface area contributed by atoms with Gasteiger partial charge in [0.2, 0.25) is 11.8 Å². The largest absolute Gasteiger partial charge is 0.399 e. The number of carbonyl (C=O) groups is 2. The minimum atomic E-state index is -0.0680. The second-order valence-electron chi connectivity index (χ2n) is 5.94. The summed E-state index contributed by atoms with van der Waals surface area (Å²) >= 11 is 0. The van der Waals surface area contributed by atoms with Crippen LogP contribution in [0.3, 0.4) is 0 Å². The molecule has 0 aromatic heterocycles. The normalized spacial score (nSPS) is 9.92. The van der Waals surface area contributed by atoms with Gasteiger partial charge in [-0.15, -0.1) is 12.4 Å². The van der Waals surface area contributed by atoms with Gasteiger partial charge in [0.05, 0.1) is 0 Å². The van der Waals surface area contributed by atoms with E-state index in [1.807, 2.05) is 55.5 Å². The SMILES string of the molecule is CCN(Cc1ccccc1NC(=O)CCc1ccccc1N)C(C)=O.Cl. The molecule has 0 unspecified atom stereocenters. The van der Waals surface area contributed by atoms with Crippen LogP contribution in [-0.4, -0.2) is 23.3 Å². The Hall–Kier alpha value is -2.53. The van der Waals surface area contributed by atoms with Crippen molar-refractivity contribution in [2.24, 2.45) is 0 Å². The van der Waals surface area contributed by atoms with Crippen LogP contribution in [-0.2, 0) is 22.6 Å². The molecule has 140 valence electrons. The van der Waals surface area contributed by atoms with Gasteiger partial charge >= 0.3 is 0 Å². The number of carbonyl (C=O) groups excluding carboxylic acids is 2. The summed E-state index contributed by atoms with van der Waals surface area (Å²) in [5.74, 6) is -0.0511. The van der Waals surface area contributed by atoms with Crippen molar-refractivity contribution in [3.63, 3.8) is 0 Å². The van der Waals surface area contributed by atoms with Gasteiger partial charge in [-0.25, -0.2) is 0 Å². The van der Waals surface area contributed by atoms with Crippen LogP contribution in [0.15, 0.2) is 48.5 Å². The zero-order valence-electron chi connectivity index (χ0n) is 15.2. The molecule has 0 saturated heterocycles. The Bertz CT molecular complexity index is 749. The molecule has 5 nitrogen and oxygen atoms in total. The summed E-state index contributed by atoms with van der Waals surface area (Å²) in [5, 5.41) is 2.95. The van der Waals surface area contributed by atoms with Crippen LogP contribution >= 0.6 is 12.4 Å². The number of nitrogen functional groups attached to an aromatic ring is 1. The van der Waals surface area contributed by atoms with Crippen molar-refractivity contribution in [1.82, 2.24) is 4.90 Å². The molecule has 0 radical (unpaired) electrons. The number of halogens is 1. The average molecular weight is 376 g/mol. The number of nitrogens with one attached hydrogen (secondary N) is 1. The quantitative estimate of drug-likeness (QED) is 0.725. The third-order valence-corrected chi connectivity index (χ3v) is 4.16. The Balaban J connectivity index is 0.00000338. The molecule has 2 aromatic carbocycles. The lowest BCUT2D eigenvalue weighted by Gasteiger charge is -2.21. The monoisotopic (exact) mass is 375 g/mol. The van der Waals surface area contributed by atoms with Gasteiger partial charge in [-0.3, -0.25) is 9.59 Å². The number of amides is 2. The molecule has 0 aliphatic rings. The van der Waals surface area contributed by atoms with E-state index in [1.54, 1.807) is 11.8 Å². The highest BCUT2D eigenvalue weighted by molar-refractivity contribution is 5.91. The van der Waals surface area contributed by atoms with E-state index in [9.17, 15) is 9.59 Å². The first-order valence-electron chi connectivity index (χ1n) is 8.48. The van der Waals surface area contributed by atoms with Crippen LogP contribution < -0.4 is 11.1 Å². The van der Waals surface area contributed by atoms with Crippen LogP contribution in [0.1, 0.15) is 31.4 Å². The lowest BCUT2D eigenvalue weighted by Crippen LogP contribution is -2.28. The van der Waals surface area contributed by atoms with Crippen molar-refractivity contribution in [3.8, 4) is 0 Å². The van der Waals surface area contributed by atoms with Gasteiger partial charge in [-0.1, -0.05) is 36.4 Å². The van der Waals surface area contributed by atoms with Crippen LogP contribution in [0.4, 0.5) is 11.4 Å². The lowest BCUT2D eigenvalue weighted by atomic mass is 10.1. The number of anilines is 2. The Morgan fingerprint density at radius 2 is 1.65 bits per heavy atom. The third kappa shape index (κ3) is 6.08. The van der Waals surface area contributed by atoms with E-state index < -0.39 is 0 Å². The standard InChI is InChI=1S/C20H25N3O2.ClH/c1-3-23(15(2)24)14-17-9-5-7-11-19(17)22-20(25)13-12-16-8-4-6-10-18(16)21;/h4-11H,3,12-14,21H2,1-2H3,(H,22,25);1H. The van der Waals surface area contributed by atoms with Gasteiger partial charge in [-0.05, 0) is 36.6 Å². The van der Waals surface area contributed by atoms with Crippen molar-refractivity contribution in [3.05, 3.63) is 59.7 Å². The maximum Gasteiger partial charge on any atom is 0.224 e. The van der Waals surface area contributed by atoms with Crippen LogP contribution in [0, 0.1) is 0 Å². The van der Waals surface area contributed by atoms with Crippen LogP contribution in [0.25, 0.3) is 0 Å². The molecule has 0 heterocycles. The summed E-state index contributed by atoms with van der Waals surface area (Å²) < 4.78 is 0. The number of nitrogens with zero attached hydrogens (tertiary/aromatic N) is 1. The first-order chi connectivity index (χ1) is 12.0. The van der Waals surface area contributed by atoms with E-state index >= 15 is 0 Å². The molecular weight excluding hydrogens is 350 g/mol. The first-order valence-corrected chi connectivity index (χ1v) is 8.48. The molecule has 3 N–H and O–H groups in total. The zero-order chi connectivity index (χ0) is 18.2. The van der Waals surface area contributed by atoms with E-state index in [0.717, 1.165) is 16.8 Å². The average Bonchev–Trinajstić information content (AvgIpc) is 2.60. The van der Waals surface area contributed by atoms with E-state index in [0.29, 0.717) is 31.6 Å². The van der Waals surface area contributed by atoms with Gasteiger partial charge in [0.25, 0.3) is 0 Å². The topological polar surface area (TPSA) is 75.4 Å². The number of para-hydroxylation sites is 2. The van der Waals surface area contributed by atoms with Crippen molar-refractivity contribution in [2.45, 2.75) is 33.2 Å². The molecule has 0 bridgehead atoms. The highest BCUT2D eigenvalue weighted by Crippen LogP contribution is 2.19. The second-order valence-corrected chi connectivity index (χ2v) is 5.94. The number of benzene rings is 2. The van der Waals surface area contributed by atoms with Crippen LogP contribution in [0.5, 0.6) is 0 Å². The highest BCUT2D eigenvalue weighted by atomic mass is 35.5. The van der Waals surface area contributed by atoms with Gasteiger partial charge in [0, 0.05) is 37.8 Å². The Labute approximate surface area is 161 Å². The van der Waals surface area contributed by atoms with Crippen molar-refractivity contribution in [2.75, 3.05) is 17.6 Å². The highest BCUT2D eigenvalue weighted by Gasteiger charge is 2.12. The Morgan fingerprint density at radius 1 is 1.04 bits per heavy atom. The predicted molar refractivity (Wildman–Crippen MR) is 108 cm³/mol. The first kappa shape index (κ1) is 21.5. The fourth-order valence-corrected chi connectivity index (χ4v) is 2.65. The van der Waals surface area contributed by atoms with Gasteiger partial charge in [0.1, 0.15) is 0 Å². The molecule has 0 fully saturated rings. The second kappa shape index (κ2) is 10.5. The summed E-state index contributed by atoms with van der Waals surface area (Å²) in [6.45, 7) is 4.60. The molecule has 0 atom stereocenters. The number of aryl methyl sites for hydroxylation is 1. The van der Waals surface area contributed by atoms with Gasteiger partial charge in [-0.2, -0.15) is 0 Å². The van der Waals surface area contributed by atoms with E-state index in [2.05, 4.69) is 5.32 Å². The number of hydrogen-bond acceptors (Lipinski definition) is 3. The maximum atomic E-state index is 12.3. The molecule has 0 aliphatic carbocycles. The number of nitrogens with two attached hydrogens (primary N) is 1. The molecule has 0 saturated carbocycles. The van der Waals surface area contributed by atoms with E-state index in [4.69, 9.17) is 5.73 Å². The lowest BCUT2D eigenvalue weighted by molar-refractivity contribution is -0.129. The smallest absolute Gasteiger partial charge is 0.224 e. The molecular formula is C20H26ClN3O2. The summed E-state index contributed by atoms with van der Waals surface area (Å²) in [6.07, 6.45) is 0.946.